The summed E-state index contributed by atoms with van der Waals surface area (Å²) in [5.74, 6) is 2.06. The molecule has 1 amide bonds. The molecular formula is C16H25N3O4. The van der Waals surface area contributed by atoms with Crippen molar-refractivity contribution >= 4 is 5.91 Å². The molecule has 1 aliphatic carbocycles. The highest BCUT2D eigenvalue weighted by Gasteiger charge is 2.33. The van der Waals surface area contributed by atoms with Crippen molar-refractivity contribution in [1.82, 2.24) is 15.0 Å². The third-order valence-corrected chi connectivity index (χ3v) is 4.38. The van der Waals surface area contributed by atoms with Crippen LogP contribution in [0.15, 0.2) is 4.52 Å². The number of hydrogen-bond acceptors (Lipinski definition) is 6. The molecule has 1 saturated carbocycles. The van der Waals surface area contributed by atoms with E-state index in [0.717, 1.165) is 31.9 Å². The number of ether oxygens (including phenoxy) is 2. The number of rotatable bonds is 9. The van der Waals surface area contributed by atoms with Crippen molar-refractivity contribution in [1.29, 1.82) is 0 Å². The first-order valence-electron chi connectivity index (χ1n) is 8.46. The van der Waals surface area contributed by atoms with E-state index in [-0.39, 0.29) is 11.9 Å². The van der Waals surface area contributed by atoms with Gasteiger partial charge < -0.3 is 18.9 Å². The van der Waals surface area contributed by atoms with Crippen molar-refractivity contribution in [3.05, 3.63) is 11.7 Å². The highest BCUT2D eigenvalue weighted by atomic mass is 16.5. The van der Waals surface area contributed by atoms with E-state index < -0.39 is 0 Å². The maximum atomic E-state index is 12.2. The van der Waals surface area contributed by atoms with E-state index >= 15 is 0 Å². The fourth-order valence-corrected chi connectivity index (χ4v) is 2.86. The number of hydrogen-bond donors (Lipinski definition) is 0. The predicted octanol–water partition coefficient (Wildman–Crippen LogP) is 1.74. The summed E-state index contributed by atoms with van der Waals surface area (Å²) in [6, 6.07) is -0.0898. The summed E-state index contributed by atoms with van der Waals surface area (Å²) in [6.07, 6.45) is 5.47. The van der Waals surface area contributed by atoms with Crippen molar-refractivity contribution in [3.63, 3.8) is 0 Å². The molecule has 1 saturated heterocycles. The van der Waals surface area contributed by atoms with Crippen LogP contribution in [-0.4, -0.2) is 54.4 Å². The fraction of sp³-hybridized carbons (Fsp3) is 0.812. The number of likely N-dealkylation sites (tertiary alicyclic amines) is 1. The van der Waals surface area contributed by atoms with Gasteiger partial charge in [0, 0.05) is 26.7 Å². The highest BCUT2D eigenvalue weighted by Crippen LogP contribution is 2.31. The molecule has 1 aromatic rings. The molecule has 1 atom stereocenters. The first kappa shape index (κ1) is 16.4. The predicted molar refractivity (Wildman–Crippen MR) is 81.7 cm³/mol. The summed E-state index contributed by atoms with van der Waals surface area (Å²) >= 11 is 0. The maximum absolute atomic E-state index is 12.2. The number of aromatic nitrogens is 2. The number of nitrogens with zero attached hydrogens (tertiary/aromatic N) is 3. The topological polar surface area (TPSA) is 77.7 Å². The van der Waals surface area contributed by atoms with Gasteiger partial charge in [-0.2, -0.15) is 4.98 Å². The molecule has 2 fully saturated rings. The largest absolute Gasteiger partial charge is 0.384 e. The molecule has 1 aliphatic heterocycles. The highest BCUT2D eigenvalue weighted by molar-refractivity contribution is 5.77. The van der Waals surface area contributed by atoms with Crippen LogP contribution in [0.3, 0.4) is 0 Å². The van der Waals surface area contributed by atoms with Crippen LogP contribution in [-0.2, 0) is 20.7 Å². The monoisotopic (exact) mass is 323 g/mol. The second-order valence-corrected chi connectivity index (χ2v) is 6.31. The normalized spacial score (nSPS) is 21.1. The van der Waals surface area contributed by atoms with Crippen LogP contribution in [0.25, 0.3) is 0 Å². The Morgan fingerprint density at radius 1 is 1.35 bits per heavy atom. The minimum absolute atomic E-state index is 0.0851. The molecule has 3 rings (SSSR count). The standard InChI is InChI=1S/C16H25N3O4/c1-21-9-7-15(20)19-8-2-3-13(19)16-17-14(18-23-16)6-10-22-11-12-4-5-12/h12-13H,2-11H2,1H3. The third kappa shape index (κ3) is 4.51. The Morgan fingerprint density at radius 3 is 3.00 bits per heavy atom. The molecule has 0 bridgehead atoms. The Hall–Kier alpha value is -1.47. The molecule has 2 heterocycles. The van der Waals surface area contributed by atoms with Crippen LogP contribution in [0.4, 0.5) is 0 Å². The summed E-state index contributed by atoms with van der Waals surface area (Å²) in [5, 5.41) is 4.02. The van der Waals surface area contributed by atoms with Gasteiger partial charge in [0.05, 0.1) is 19.6 Å². The molecular weight excluding hydrogens is 298 g/mol. The van der Waals surface area contributed by atoms with Gasteiger partial charge in [0.1, 0.15) is 6.04 Å². The van der Waals surface area contributed by atoms with Crippen molar-refractivity contribution in [2.75, 3.05) is 33.5 Å². The average Bonchev–Trinajstić information content (AvgIpc) is 3.06. The number of amides is 1. The van der Waals surface area contributed by atoms with Crippen LogP contribution >= 0.6 is 0 Å². The van der Waals surface area contributed by atoms with Crippen LogP contribution in [0.2, 0.25) is 0 Å². The minimum Gasteiger partial charge on any atom is -0.384 e. The molecule has 0 radical (unpaired) electrons. The van der Waals surface area contributed by atoms with Gasteiger partial charge in [0.15, 0.2) is 5.82 Å². The van der Waals surface area contributed by atoms with Gasteiger partial charge >= 0.3 is 0 Å². The van der Waals surface area contributed by atoms with E-state index in [0.29, 0.717) is 37.8 Å². The van der Waals surface area contributed by atoms with Gasteiger partial charge in [-0.15, -0.1) is 0 Å². The smallest absolute Gasteiger partial charge is 0.249 e. The molecule has 7 nitrogen and oxygen atoms in total. The second-order valence-electron chi connectivity index (χ2n) is 6.31. The third-order valence-electron chi connectivity index (χ3n) is 4.38. The molecule has 7 heteroatoms. The zero-order valence-electron chi connectivity index (χ0n) is 13.7. The molecule has 0 spiro atoms. The van der Waals surface area contributed by atoms with Crippen molar-refractivity contribution in [3.8, 4) is 0 Å². The Bertz CT molecular complexity index is 515. The molecule has 0 aromatic carbocycles. The van der Waals surface area contributed by atoms with Crippen molar-refractivity contribution in [2.45, 2.75) is 44.6 Å². The van der Waals surface area contributed by atoms with E-state index in [1.54, 1.807) is 7.11 Å². The molecule has 2 aliphatic rings. The summed E-state index contributed by atoms with van der Waals surface area (Å²) in [6.45, 7) is 2.65. The van der Waals surface area contributed by atoms with E-state index in [4.69, 9.17) is 14.0 Å². The zero-order chi connectivity index (χ0) is 16.1. The summed E-state index contributed by atoms with van der Waals surface area (Å²) < 4.78 is 16.0. The molecule has 128 valence electrons. The number of methoxy groups -OCH3 is 1. The Kier molecular flexibility index (Phi) is 5.61. The van der Waals surface area contributed by atoms with Crippen LogP contribution in [0.1, 0.15) is 49.9 Å². The second kappa shape index (κ2) is 7.88. The minimum atomic E-state index is -0.0898. The number of carbonyl (C=O) groups excluding carboxylic acids is 1. The summed E-state index contributed by atoms with van der Waals surface area (Å²) in [7, 11) is 1.60. The van der Waals surface area contributed by atoms with Gasteiger partial charge in [0.25, 0.3) is 0 Å². The Balaban J connectivity index is 1.50. The molecule has 1 unspecified atom stereocenters. The average molecular weight is 323 g/mol. The van der Waals surface area contributed by atoms with Gasteiger partial charge in [0.2, 0.25) is 11.8 Å². The van der Waals surface area contributed by atoms with Gasteiger partial charge in [-0.25, -0.2) is 0 Å². The van der Waals surface area contributed by atoms with Crippen LogP contribution in [0, 0.1) is 5.92 Å². The van der Waals surface area contributed by atoms with Gasteiger partial charge in [-0.3, -0.25) is 4.79 Å². The Morgan fingerprint density at radius 2 is 2.22 bits per heavy atom. The lowest BCUT2D eigenvalue weighted by molar-refractivity contribution is -0.133. The van der Waals surface area contributed by atoms with E-state index in [1.807, 2.05) is 4.90 Å². The van der Waals surface area contributed by atoms with E-state index in [2.05, 4.69) is 10.1 Å². The quantitative estimate of drug-likeness (QED) is 0.644. The van der Waals surface area contributed by atoms with Crippen LogP contribution < -0.4 is 0 Å². The van der Waals surface area contributed by atoms with Crippen LogP contribution in [0.5, 0.6) is 0 Å². The summed E-state index contributed by atoms with van der Waals surface area (Å²) in [5.41, 5.74) is 0. The molecule has 1 aromatic heterocycles. The molecule has 0 N–H and O–H groups in total. The fourth-order valence-electron chi connectivity index (χ4n) is 2.86. The molecule has 23 heavy (non-hydrogen) atoms. The lowest BCUT2D eigenvalue weighted by Crippen LogP contribution is -2.31. The van der Waals surface area contributed by atoms with E-state index in [1.165, 1.54) is 12.8 Å². The lowest BCUT2D eigenvalue weighted by atomic mass is 10.2. The maximum Gasteiger partial charge on any atom is 0.249 e. The van der Waals surface area contributed by atoms with E-state index in [9.17, 15) is 4.79 Å². The zero-order valence-corrected chi connectivity index (χ0v) is 13.7. The van der Waals surface area contributed by atoms with Crippen molar-refractivity contribution in [2.24, 2.45) is 5.92 Å². The first-order valence-corrected chi connectivity index (χ1v) is 8.46. The number of carbonyl (C=O) groups is 1. The Labute approximate surface area is 136 Å². The first-order chi connectivity index (χ1) is 11.3. The van der Waals surface area contributed by atoms with Gasteiger partial charge in [-0.05, 0) is 31.6 Å². The van der Waals surface area contributed by atoms with Gasteiger partial charge in [-0.1, -0.05) is 5.16 Å². The lowest BCUT2D eigenvalue weighted by Gasteiger charge is -2.21. The summed E-state index contributed by atoms with van der Waals surface area (Å²) in [4.78, 5) is 18.5. The van der Waals surface area contributed by atoms with Crippen molar-refractivity contribution < 1.29 is 18.8 Å². The SMILES string of the molecule is COCCC(=O)N1CCCC1c1nc(CCOCC2CC2)no1.